The number of rotatable bonds is 5. The molecule has 1 unspecified atom stereocenters. The van der Waals surface area contributed by atoms with Crippen molar-refractivity contribution in [3.8, 4) is 0 Å². The lowest BCUT2D eigenvalue weighted by atomic mass is 9.68. The summed E-state index contributed by atoms with van der Waals surface area (Å²) >= 11 is 0. The molecule has 1 heterocycles. The number of nitrogens with one attached hydrogen (secondary N) is 1. The first-order valence-electron chi connectivity index (χ1n) is 8.28. The molecule has 0 radical (unpaired) electrons. The van der Waals surface area contributed by atoms with Crippen molar-refractivity contribution in [3.05, 3.63) is 24.2 Å². The summed E-state index contributed by atoms with van der Waals surface area (Å²) in [4.78, 5) is 0. The van der Waals surface area contributed by atoms with Gasteiger partial charge in [-0.3, -0.25) is 0 Å². The fraction of sp³-hybridized carbons (Fsp3) is 0.778. The molecule has 2 heteroatoms. The molecule has 1 aromatic heterocycles. The summed E-state index contributed by atoms with van der Waals surface area (Å²) in [6, 6.07) is 2.61. The van der Waals surface area contributed by atoms with Gasteiger partial charge in [-0.1, -0.05) is 27.7 Å². The van der Waals surface area contributed by atoms with Gasteiger partial charge in [-0.25, -0.2) is 0 Å². The van der Waals surface area contributed by atoms with Crippen LogP contribution in [0, 0.1) is 17.3 Å². The molecule has 20 heavy (non-hydrogen) atoms. The summed E-state index contributed by atoms with van der Waals surface area (Å²) in [5, 5.41) is 3.74. The Labute approximate surface area is 124 Å². The van der Waals surface area contributed by atoms with E-state index in [0.717, 1.165) is 18.4 Å². The summed E-state index contributed by atoms with van der Waals surface area (Å²) in [5.74, 6) is 1.65. The van der Waals surface area contributed by atoms with E-state index in [1.165, 1.54) is 37.7 Å². The highest BCUT2D eigenvalue weighted by atomic mass is 16.3. The van der Waals surface area contributed by atoms with Crippen LogP contribution in [0.1, 0.15) is 71.4 Å². The molecule has 1 atom stereocenters. The monoisotopic (exact) mass is 277 g/mol. The van der Waals surface area contributed by atoms with Gasteiger partial charge in [0, 0.05) is 11.6 Å². The number of furan rings is 1. The maximum Gasteiger partial charge on any atom is 0.0950 e. The molecule has 1 fully saturated rings. The van der Waals surface area contributed by atoms with Gasteiger partial charge in [0.2, 0.25) is 0 Å². The Balaban J connectivity index is 1.98. The summed E-state index contributed by atoms with van der Waals surface area (Å²) < 4.78 is 5.30. The van der Waals surface area contributed by atoms with Gasteiger partial charge < -0.3 is 9.73 Å². The Morgan fingerprint density at radius 3 is 2.45 bits per heavy atom. The van der Waals surface area contributed by atoms with E-state index >= 15 is 0 Å². The third-order valence-corrected chi connectivity index (χ3v) is 4.98. The van der Waals surface area contributed by atoms with Crippen LogP contribution < -0.4 is 5.32 Å². The van der Waals surface area contributed by atoms with Gasteiger partial charge >= 0.3 is 0 Å². The quantitative estimate of drug-likeness (QED) is 0.803. The van der Waals surface area contributed by atoms with Crippen LogP contribution in [0.25, 0.3) is 0 Å². The first-order valence-corrected chi connectivity index (χ1v) is 8.28. The Hall–Kier alpha value is -0.760. The minimum absolute atomic E-state index is 0.465. The van der Waals surface area contributed by atoms with Crippen molar-refractivity contribution < 1.29 is 4.42 Å². The predicted octanol–water partition coefficient (Wildman–Crippen LogP) is 5.17. The van der Waals surface area contributed by atoms with Crippen molar-refractivity contribution in [1.82, 2.24) is 5.32 Å². The van der Waals surface area contributed by atoms with Crippen LogP contribution in [0.5, 0.6) is 0 Å². The molecule has 2 rings (SSSR count). The second kappa shape index (κ2) is 6.80. The topological polar surface area (TPSA) is 25.2 Å². The van der Waals surface area contributed by atoms with Crippen molar-refractivity contribution in [2.24, 2.45) is 17.3 Å². The van der Waals surface area contributed by atoms with Gasteiger partial charge in [-0.05, 0) is 62.0 Å². The van der Waals surface area contributed by atoms with Crippen molar-refractivity contribution >= 4 is 0 Å². The maximum absolute atomic E-state index is 5.30. The van der Waals surface area contributed by atoms with Crippen LogP contribution in [0.15, 0.2) is 23.0 Å². The summed E-state index contributed by atoms with van der Waals surface area (Å²) in [6.45, 7) is 10.5. The lowest BCUT2D eigenvalue weighted by Gasteiger charge is -2.39. The third kappa shape index (κ3) is 3.88. The Morgan fingerprint density at radius 1 is 1.25 bits per heavy atom. The van der Waals surface area contributed by atoms with E-state index < -0.39 is 0 Å². The van der Waals surface area contributed by atoms with Crippen LogP contribution >= 0.6 is 0 Å². The zero-order valence-electron chi connectivity index (χ0n) is 13.6. The zero-order valence-corrected chi connectivity index (χ0v) is 13.6. The average Bonchev–Trinajstić information content (AvgIpc) is 2.93. The molecule has 0 aliphatic heterocycles. The van der Waals surface area contributed by atoms with Crippen LogP contribution in [-0.4, -0.2) is 6.54 Å². The van der Waals surface area contributed by atoms with Crippen molar-refractivity contribution in [3.63, 3.8) is 0 Å². The molecule has 1 aliphatic rings. The molecule has 0 amide bonds. The van der Waals surface area contributed by atoms with Crippen LogP contribution in [0.4, 0.5) is 0 Å². The Morgan fingerprint density at radius 2 is 1.95 bits per heavy atom. The number of hydrogen-bond donors (Lipinski definition) is 1. The predicted molar refractivity (Wildman–Crippen MR) is 84.6 cm³/mol. The summed E-state index contributed by atoms with van der Waals surface area (Å²) in [7, 11) is 0. The SMILES string of the molecule is CCCNC(c1ccoc1)C1CCC(C(C)(C)C)CC1. The fourth-order valence-corrected chi connectivity index (χ4v) is 3.63. The van der Waals surface area contributed by atoms with Crippen molar-refractivity contribution in [1.29, 1.82) is 0 Å². The second-order valence-electron chi connectivity index (χ2n) is 7.47. The highest BCUT2D eigenvalue weighted by Crippen LogP contribution is 2.43. The molecule has 1 saturated carbocycles. The lowest BCUT2D eigenvalue weighted by Crippen LogP contribution is -2.33. The lowest BCUT2D eigenvalue weighted by molar-refractivity contribution is 0.132. The first kappa shape index (κ1) is 15.6. The molecule has 0 spiro atoms. The molecule has 1 N–H and O–H groups in total. The average molecular weight is 277 g/mol. The highest BCUT2D eigenvalue weighted by Gasteiger charge is 2.33. The normalized spacial score (nSPS) is 25.6. The molecule has 2 nitrogen and oxygen atoms in total. The van der Waals surface area contributed by atoms with Gasteiger partial charge in [-0.15, -0.1) is 0 Å². The molecule has 1 aliphatic carbocycles. The highest BCUT2D eigenvalue weighted by molar-refractivity contribution is 5.13. The van der Waals surface area contributed by atoms with Crippen LogP contribution in [0.2, 0.25) is 0 Å². The van der Waals surface area contributed by atoms with E-state index in [2.05, 4.69) is 39.1 Å². The van der Waals surface area contributed by atoms with Gasteiger partial charge in [0.15, 0.2) is 0 Å². The van der Waals surface area contributed by atoms with E-state index in [1.54, 1.807) is 6.26 Å². The van der Waals surface area contributed by atoms with Crippen molar-refractivity contribution in [2.75, 3.05) is 6.54 Å². The summed E-state index contributed by atoms with van der Waals surface area (Å²) in [5.41, 5.74) is 1.80. The van der Waals surface area contributed by atoms with Gasteiger partial charge in [0.1, 0.15) is 0 Å². The largest absolute Gasteiger partial charge is 0.472 e. The fourth-order valence-electron chi connectivity index (χ4n) is 3.63. The molecule has 1 aromatic rings. The van der Waals surface area contributed by atoms with Gasteiger partial charge in [-0.2, -0.15) is 0 Å². The molecular weight excluding hydrogens is 246 g/mol. The molecular formula is C18H31NO. The molecule has 0 saturated heterocycles. The second-order valence-corrected chi connectivity index (χ2v) is 7.47. The first-order chi connectivity index (χ1) is 9.52. The van der Waals surface area contributed by atoms with E-state index in [9.17, 15) is 0 Å². The number of hydrogen-bond acceptors (Lipinski definition) is 2. The summed E-state index contributed by atoms with van der Waals surface area (Å²) in [6.07, 6.45) is 10.3. The smallest absolute Gasteiger partial charge is 0.0950 e. The maximum atomic E-state index is 5.30. The molecule has 0 aromatic carbocycles. The molecule has 0 bridgehead atoms. The molecule has 114 valence electrons. The van der Waals surface area contributed by atoms with Crippen molar-refractivity contribution in [2.45, 2.75) is 65.8 Å². The van der Waals surface area contributed by atoms with E-state index in [0.29, 0.717) is 11.5 Å². The standard InChI is InChI=1S/C18H31NO/c1-5-11-19-17(15-10-12-20-13-15)14-6-8-16(9-7-14)18(2,3)4/h10,12-14,16-17,19H,5-9,11H2,1-4H3. The Kier molecular flexibility index (Phi) is 5.31. The zero-order chi connectivity index (χ0) is 14.6. The van der Waals surface area contributed by atoms with Crippen LogP contribution in [0.3, 0.4) is 0 Å². The van der Waals surface area contributed by atoms with Crippen LogP contribution in [-0.2, 0) is 0 Å². The van der Waals surface area contributed by atoms with E-state index in [4.69, 9.17) is 4.42 Å². The minimum Gasteiger partial charge on any atom is -0.472 e. The van der Waals surface area contributed by atoms with E-state index in [-0.39, 0.29) is 0 Å². The minimum atomic E-state index is 0.465. The van der Waals surface area contributed by atoms with Gasteiger partial charge in [0.25, 0.3) is 0 Å². The Bertz CT molecular complexity index is 369. The van der Waals surface area contributed by atoms with Gasteiger partial charge in [0.05, 0.1) is 12.5 Å². The third-order valence-electron chi connectivity index (χ3n) is 4.98. The van der Waals surface area contributed by atoms with E-state index in [1.807, 2.05) is 6.26 Å².